The third-order valence-electron chi connectivity index (χ3n) is 1.95. The van der Waals surface area contributed by atoms with Crippen molar-refractivity contribution >= 4 is 27.9 Å². The molecule has 6 nitrogen and oxygen atoms in total. The minimum absolute atomic E-state index is 0.109. The summed E-state index contributed by atoms with van der Waals surface area (Å²) in [4.78, 5) is 31.1. The van der Waals surface area contributed by atoms with Crippen LogP contribution in [0, 0.1) is 0 Å². The van der Waals surface area contributed by atoms with E-state index in [-0.39, 0.29) is 32.4 Å². The summed E-state index contributed by atoms with van der Waals surface area (Å²) in [6.07, 6.45) is 0.846. The average molecular weight is 339 g/mol. The van der Waals surface area contributed by atoms with E-state index in [1.165, 1.54) is 0 Å². The zero-order valence-electron chi connectivity index (χ0n) is 11.0. The predicted molar refractivity (Wildman–Crippen MR) is 71.7 cm³/mol. The number of carbonyl (C=O) groups excluding carboxylic acids is 2. The Bertz CT molecular complexity index is 292. The molecule has 0 amide bonds. The highest BCUT2D eigenvalue weighted by Crippen LogP contribution is 1.99. The molecule has 0 atom stereocenters. The van der Waals surface area contributed by atoms with Gasteiger partial charge in [0.25, 0.3) is 0 Å². The van der Waals surface area contributed by atoms with Crippen molar-refractivity contribution in [2.24, 2.45) is 0 Å². The number of hydrogen-bond acceptors (Lipinski definition) is 6. The first kappa shape index (κ1) is 18.1. The fourth-order valence-electron chi connectivity index (χ4n) is 0.857. The number of halogens is 1. The summed E-state index contributed by atoms with van der Waals surface area (Å²) in [5.41, 5.74) is 0.347. The lowest BCUT2D eigenvalue weighted by Gasteiger charge is -2.06. The molecule has 0 aliphatic rings. The van der Waals surface area contributed by atoms with Gasteiger partial charge in [-0.25, -0.2) is 4.79 Å². The molecule has 0 fully saturated rings. The van der Waals surface area contributed by atoms with Gasteiger partial charge in [0.05, 0.1) is 19.6 Å². The van der Waals surface area contributed by atoms with Gasteiger partial charge in [0, 0.05) is 10.9 Å². The predicted octanol–water partition coefficient (Wildman–Crippen LogP) is 1.77. The Kier molecular flexibility index (Phi) is 11.5. The van der Waals surface area contributed by atoms with Crippen LogP contribution in [0.1, 0.15) is 19.8 Å². The van der Waals surface area contributed by atoms with E-state index in [0.29, 0.717) is 23.7 Å². The van der Waals surface area contributed by atoms with Gasteiger partial charge in [-0.3, -0.25) is 9.68 Å². The highest BCUT2D eigenvalue weighted by Gasteiger charge is 2.06. The SMILES string of the molecule is C=C(CC)C(=O)OOCCOCCOC(=O)CCBr. The molecule has 19 heavy (non-hydrogen) atoms. The number of alkyl halides is 1. The van der Waals surface area contributed by atoms with Gasteiger partial charge in [-0.15, -0.1) is 0 Å². The van der Waals surface area contributed by atoms with Crippen molar-refractivity contribution in [3.05, 3.63) is 12.2 Å². The average Bonchev–Trinajstić information content (AvgIpc) is 2.40. The van der Waals surface area contributed by atoms with Crippen molar-refractivity contribution in [3.8, 4) is 0 Å². The molecule has 0 saturated carbocycles. The number of rotatable bonds is 11. The molecule has 0 bridgehead atoms. The lowest BCUT2D eigenvalue weighted by molar-refractivity contribution is -0.272. The van der Waals surface area contributed by atoms with E-state index in [1.54, 1.807) is 6.92 Å². The van der Waals surface area contributed by atoms with Crippen molar-refractivity contribution in [1.82, 2.24) is 0 Å². The zero-order valence-corrected chi connectivity index (χ0v) is 12.6. The van der Waals surface area contributed by atoms with E-state index in [0.717, 1.165) is 0 Å². The number of hydrogen-bond donors (Lipinski definition) is 0. The molecule has 0 aromatic carbocycles. The van der Waals surface area contributed by atoms with Crippen LogP contribution in [0.15, 0.2) is 12.2 Å². The zero-order chi connectivity index (χ0) is 14.5. The van der Waals surface area contributed by atoms with Gasteiger partial charge in [-0.05, 0) is 6.42 Å². The van der Waals surface area contributed by atoms with Crippen molar-refractivity contribution in [3.63, 3.8) is 0 Å². The van der Waals surface area contributed by atoms with Crippen LogP contribution in [0.4, 0.5) is 0 Å². The second kappa shape index (κ2) is 12.1. The number of carbonyl (C=O) groups is 2. The lowest BCUT2D eigenvalue weighted by atomic mass is 10.2. The van der Waals surface area contributed by atoms with Crippen molar-refractivity contribution in [1.29, 1.82) is 0 Å². The summed E-state index contributed by atoms with van der Waals surface area (Å²) < 4.78 is 9.94. The Balaban J connectivity index is 3.30. The van der Waals surface area contributed by atoms with E-state index < -0.39 is 5.97 Å². The largest absolute Gasteiger partial charge is 0.463 e. The first-order valence-corrected chi connectivity index (χ1v) is 7.04. The summed E-state index contributed by atoms with van der Waals surface area (Å²) in [7, 11) is 0. The third kappa shape index (κ3) is 10.7. The number of esters is 1. The van der Waals surface area contributed by atoms with Gasteiger partial charge in [0.15, 0.2) is 0 Å². The molecule has 0 N–H and O–H groups in total. The van der Waals surface area contributed by atoms with E-state index in [2.05, 4.69) is 32.3 Å². The molecule has 0 aromatic heterocycles. The van der Waals surface area contributed by atoms with E-state index in [9.17, 15) is 9.59 Å². The standard InChI is InChI=1S/C12H19BrO6/c1-3-10(2)12(15)19-18-9-7-16-6-8-17-11(14)4-5-13/h2-9H2,1H3. The van der Waals surface area contributed by atoms with Gasteiger partial charge >= 0.3 is 11.9 Å². The molecule has 0 rings (SSSR count). The van der Waals surface area contributed by atoms with E-state index >= 15 is 0 Å². The summed E-state index contributed by atoms with van der Waals surface area (Å²) in [6.45, 7) is 6.11. The molecule has 7 heteroatoms. The second-order valence-corrected chi connectivity index (χ2v) is 4.21. The van der Waals surface area contributed by atoms with Crippen molar-refractivity contribution < 1.29 is 28.8 Å². The van der Waals surface area contributed by atoms with Crippen LogP contribution in [0.2, 0.25) is 0 Å². The van der Waals surface area contributed by atoms with Crippen LogP contribution in [0.25, 0.3) is 0 Å². The van der Waals surface area contributed by atoms with Crippen LogP contribution in [0.3, 0.4) is 0 Å². The molecule has 110 valence electrons. The summed E-state index contributed by atoms with van der Waals surface area (Å²) in [5.74, 6) is -0.852. The molecular formula is C12H19BrO6. The Hall–Kier alpha value is -0.920. The molecule has 0 radical (unpaired) electrons. The first-order chi connectivity index (χ1) is 9.11. The monoisotopic (exact) mass is 338 g/mol. The molecule has 0 spiro atoms. The smallest absolute Gasteiger partial charge is 0.368 e. The fourth-order valence-corrected chi connectivity index (χ4v) is 1.18. The van der Waals surface area contributed by atoms with Gasteiger partial charge in [-0.1, -0.05) is 29.4 Å². The molecule has 0 saturated heterocycles. The van der Waals surface area contributed by atoms with Crippen LogP contribution in [-0.2, 0) is 28.8 Å². The molecule has 0 heterocycles. The molecule has 0 aliphatic heterocycles. The van der Waals surface area contributed by atoms with Crippen LogP contribution in [0.5, 0.6) is 0 Å². The van der Waals surface area contributed by atoms with E-state index in [4.69, 9.17) is 9.47 Å². The normalized spacial score (nSPS) is 10.0. The van der Waals surface area contributed by atoms with Crippen molar-refractivity contribution in [2.75, 3.05) is 31.8 Å². The maximum atomic E-state index is 11.1. The second-order valence-electron chi connectivity index (χ2n) is 3.42. The van der Waals surface area contributed by atoms with Gasteiger partial charge < -0.3 is 9.47 Å². The minimum Gasteiger partial charge on any atom is -0.463 e. The number of ether oxygens (including phenoxy) is 2. The highest BCUT2D eigenvalue weighted by molar-refractivity contribution is 9.09. The van der Waals surface area contributed by atoms with Crippen molar-refractivity contribution in [2.45, 2.75) is 19.8 Å². The van der Waals surface area contributed by atoms with Crippen LogP contribution < -0.4 is 0 Å². The van der Waals surface area contributed by atoms with Gasteiger partial charge in [0.1, 0.15) is 13.2 Å². The lowest BCUT2D eigenvalue weighted by Crippen LogP contribution is -2.14. The summed E-state index contributed by atoms with van der Waals surface area (Å²) in [6, 6.07) is 0. The molecule has 0 unspecified atom stereocenters. The Morgan fingerprint density at radius 1 is 1.16 bits per heavy atom. The third-order valence-corrected chi connectivity index (χ3v) is 2.35. The molecule has 0 aromatic rings. The topological polar surface area (TPSA) is 71.1 Å². The Labute approximate surface area is 121 Å². The van der Waals surface area contributed by atoms with Crippen LogP contribution in [-0.4, -0.2) is 43.7 Å². The van der Waals surface area contributed by atoms with E-state index in [1.807, 2.05) is 0 Å². The maximum Gasteiger partial charge on any atom is 0.368 e. The summed E-state index contributed by atoms with van der Waals surface area (Å²) >= 11 is 3.13. The maximum absolute atomic E-state index is 11.1. The minimum atomic E-state index is -0.578. The van der Waals surface area contributed by atoms with Gasteiger partial charge in [-0.2, -0.15) is 4.89 Å². The molecular weight excluding hydrogens is 320 g/mol. The first-order valence-electron chi connectivity index (χ1n) is 5.92. The van der Waals surface area contributed by atoms with Gasteiger partial charge in [0.2, 0.25) is 0 Å². The summed E-state index contributed by atoms with van der Waals surface area (Å²) in [5, 5.41) is 0.578. The quantitative estimate of drug-likeness (QED) is 0.143. The fraction of sp³-hybridized carbons (Fsp3) is 0.667. The Morgan fingerprint density at radius 3 is 2.47 bits per heavy atom. The molecule has 0 aliphatic carbocycles. The Morgan fingerprint density at radius 2 is 1.84 bits per heavy atom. The van der Waals surface area contributed by atoms with Crippen LogP contribution >= 0.6 is 15.9 Å². The highest BCUT2D eigenvalue weighted by atomic mass is 79.9.